The molecule has 3 heterocycles. The summed E-state index contributed by atoms with van der Waals surface area (Å²) in [5, 5.41) is 1.12. The van der Waals surface area contributed by atoms with Gasteiger partial charge in [-0.25, -0.2) is 9.97 Å². The zero-order chi connectivity index (χ0) is 16.0. The van der Waals surface area contributed by atoms with E-state index in [1.54, 1.807) is 22.8 Å². The molecule has 0 aliphatic rings. The summed E-state index contributed by atoms with van der Waals surface area (Å²) in [5.41, 5.74) is 3.31. The van der Waals surface area contributed by atoms with E-state index in [9.17, 15) is 4.79 Å². The SMILES string of the molecule is Cc1cccn2cc(Cn3cnc4cc(Cl)ccc4c3=O)nc12. The van der Waals surface area contributed by atoms with Crippen LogP contribution < -0.4 is 5.56 Å². The van der Waals surface area contributed by atoms with Gasteiger partial charge in [-0.15, -0.1) is 0 Å². The lowest BCUT2D eigenvalue weighted by molar-refractivity contribution is 0.734. The molecular formula is C17H13ClN4O. The van der Waals surface area contributed by atoms with Gasteiger partial charge >= 0.3 is 0 Å². The van der Waals surface area contributed by atoms with E-state index in [1.807, 2.05) is 35.9 Å². The summed E-state index contributed by atoms with van der Waals surface area (Å²) in [4.78, 5) is 21.5. The molecule has 0 atom stereocenters. The number of aryl methyl sites for hydroxylation is 1. The van der Waals surface area contributed by atoms with Crippen molar-refractivity contribution in [3.05, 3.63) is 75.7 Å². The minimum atomic E-state index is -0.0968. The first-order valence-electron chi connectivity index (χ1n) is 7.20. The van der Waals surface area contributed by atoms with Gasteiger partial charge in [0.05, 0.1) is 29.5 Å². The number of imidazole rings is 1. The number of halogens is 1. The molecule has 0 fully saturated rings. The van der Waals surface area contributed by atoms with Crippen molar-refractivity contribution >= 4 is 28.2 Å². The van der Waals surface area contributed by atoms with E-state index in [4.69, 9.17) is 11.6 Å². The summed E-state index contributed by atoms with van der Waals surface area (Å²) in [7, 11) is 0. The van der Waals surface area contributed by atoms with Gasteiger partial charge in [0.15, 0.2) is 0 Å². The summed E-state index contributed by atoms with van der Waals surface area (Å²) in [6.07, 6.45) is 5.42. The highest BCUT2D eigenvalue weighted by Crippen LogP contribution is 2.15. The maximum Gasteiger partial charge on any atom is 0.261 e. The first-order valence-corrected chi connectivity index (χ1v) is 7.57. The smallest absolute Gasteiger partial charge is 0.261 e. The van der Waals surface area contributed by atoms with Gasteiger partial charge in [0, 0.05) is 17.4 Å². The van der Waals surface area contributed by atoms with Gasteiger partial charge in [0.1, 0.15) is 5.65 Å². The third-order valence-electron chi connectivity index (χ3n) is 3.85. The largest absolute Gasteiger partial charge is 0.307 e. The monoisotopic (exact) mass is 324 g/mol. The van der Waals surface area contributed by atoms with Crippen molar-refractivity contribution in [3.63, 3.8) is 0 Å². The molecule has 0 aliphatic heterocycles. The molecule has 1 aromatic carbocycles. The molecule has 0 spiro atoms. The highest BCUT2D eigenvalue weighted by Gasteiger charge is 2.08. The molecule has 23 heavy (non-hydrogen) atoms. The summed E-state index contributed by atoms with van der Waals surface area (Å²) in [5.74, 6) is 0. The average Bonchev–Trinajstić information content (AvgIpc) is 2.94. The topological polar surface area (TPSA) is 52.2 Å². The maximum atomic E-state index is 12.6. The number of pyridine rings is 1. The minimum absolute atomic E-state index is 0.0968. The van der Waals surface area contributed by atoms with Gasteiger partial charge in [-0.1, -0.05) is 17.7 Å². The molecular weight excluding hydrogens is 312 g/mol. The molecule has 0 amide bonds. The van der Waals surface area contributed by atoms with Crippen LogP contribution in [0.25, 0.3) is 16.6 Å². The van der Waals surface area contributed by atoms with Crippen molar-refractivity contribution in [1.82, 2.24) is 18.9 Å². The first-order chi connectivity index (χ1) is 11.1. The van der Waals surface area contributed by atoms with Gasteiger partial charge in [-0.2, -0.15) is 0 Å². The number of hydrogen-bond donors (Lipinski definition) is 0. The lowest BCUT2D eigenvalue weighted by Gasteiger charge is -2.04. The van der Waals surface area contributed by atoms with Crippen molar-refractivity contribution in [3.8, 4) is 0 Å². The zero-order valence-corrected chi connectivity index (χ0v) is 13.2. The molecule has 0 saturated heterocycles. The van der Waals surface area contributed by atoms with Crippen LogP contribution >= 0.6 is 11.6 Å². The molecule has 4 rings (SSSR count). The fraction of sp³-hybridized carbons (Fsp3) is 0.118. The van der Waals surface area contributed by atoms with Gasteiger partial charge < -0.3 is 4.40 Å². The Bertz CT molecular complexity index is 1100. The van der Waals surface area contributed by atoms with E-state index in [2.05, 4.69) is 9.97 Å². The van der Waals surface area contributed by atoms with Gasteiger partial charge in [-0.3, -0.25) is 9.36 Å². The number of rotatable bonds is 2. The van der Waals surface area contributed by atoms with E-state index in [0.717, 1.165) is 16.9 Å². The minimum Gasteiger partial charge on any atom is -0.307 e. The molecule has 0 N–H and O–H groups in total. The second-order valence-corrected chi connectivity index (χ2v) is 5.93. The van der Waals surface area contributed by atoms with Crippen LogP contribution in [0.3, 0.4) is 0 Å². The predicted octanol–water partition coefficient (Wildman–Crippen LogP) is 3.05. The van der Waals surface area contributed by atoms with Crippen molar-refractivity contribution in [1.29, 1.82) is 0 Å². The summed E-state index contributed by atoms with van der Waals surface area (Å²) in [6, 6.07) is 9.08. The van der Waals surface area contributed by atoms with Gasteiger partial charge in [-0.05, 0) is 36.8 Å². The summed E-state index contributed by atoms with van der Waals surface area (Å²) >= 11 is 5.94. The number of fused-ring (bicyclic) bond motifs is 2. The van der Waals surface area contributed by atoms with E-state index < -0.39 is 0 Å². The highest BCUT2D eigenvalue weighted by atomic mass is 35.5. The molecule has 0 unspecified atom stereocenters. The molecule has 3 aromatic heterocycles. The fourth-order valence-electron chi connectivity index (χ4n) is 2.70. The summed E-state index contributed by atoms with van der Waals surface area (Å²) in [6.45, 7) is 2.39. The summed E-state index contributed by atoms with van der Waals surface area (Å²) < 4.78 is 3.53. The molecule has 4 aromatic rings. The fourth-order valence-corrected chi connectivity index (χ4v) is 2.87. The lowest BCUT2D eigenvalue weighted by atomic mass is 10.2. The number of benzene rings is 1. The Kier molecular flexibility index (Phi) is 3.16. The lowest BCUT2D eigenvalue weighted by Crippen LogP contribution is -2.21. The second-order valence-electron chi connectivity index (χ2n) is 5.49. The van der Waals surface area contributed by atoms with Crippen LogP contribution in [0.15, 0.2) is 53.8 Å². The number of hydrogen-bond acceptors (Lipinski definition) is 3. The normalized spacial score (nSPS) is 11.4. The van der Waals surface area contributed by atoms with Crippen molar-refractivity contribution in [2.24, 2.45) is 0 Å². The van der Waals surface area contributed by atoms with E-state index >= 15 is 0 Å². The number of nitrogens with zero attached hydrogens (tertiary/aromatic N) is 4. The molecule has 0 saturated carbocycles. The Hall–Kier alpha value is -2.66. The van der Waals surface area contributed by atoms with E-state index in [-0.39, 0.29) is 5.56 Å². The molecule has 114 valence electrons. The molecule has 0 bridgehead atoms. The Labute approximate surface area is 136 Å². The van der Waals surface area contributed by atoms with Crippen LogP contribution in [0.4, 0.5) is 0 Å². The van der Waals surface area contributed by atoms with Gasteiger partial charge in [0.2, 0.25) is 0 Å². The third-order valence-corrected chi connectivity index (χ3v) is 4.08. The zero-order valence-electron chi connectivity index (χ0n) is 12.4. The Balaban J connectivity index is 1.80. The first kappa shape index (κ1) is 14.0. The quantitative estimate of drug-likeness (QED) is 0.569. The molecule has 5 nitrogen and oxygen atoms in total. The molecule has 0 aliphatic carbocycles. The van der Waals surface area contributed by atoms with Crippen molar-refractivity contribution in [2.75, 3.05) is 0 Å². The Morgan fingerprint density at radius 1 is 1.26 bits per heavy atom. The molecule has 6 heteroatoms. The van der Waals surface area contributed by atoms with Crippen LogP contribution in [0.2, 0.25) is 5.02 Å². The van der Waals surface area contributed by atoms with Crippen LogP contribution in [-0.4, -0.2) is 18.9 Å². The highest BCUT2D eigenvalue weighted by molar-refractivity contribution is 6.31. The van der Waals surface area contributed by atoms with E-state index in [1.165, 1.54) is 6.33 Å². The van der Waals surface area contributed by atoms with E-state index in [0.29, 0.717) is 22.5 Å². The third kappa shape index (κ3) is 2.39. The average molecular weight is 325 g/mol. The Morgan fingerprint density at radius 3 is 2.96 bits per heavy atom. The Morgan fingerprint density at radius 2 is 2.13 bits per heavy atom. The maximum absolute atomic E-state index is 12.6. The van der Waals surface area contributed by atoms with Crippen molar-refractivity contribution in [2.45, 2.75) is 13.5 Å². The number of aromatic nitrogens is 4. The standard InChI is InChI=1S/C17H13ClN4O/c1-11-3-2-6-21-8-13(20-16(11)21)9-22-10-19-15-7-12(18)4-5-14(15)17(22)23/h2-8,10H,9H2,1H3. The predicted molar refractivity (Wildman–Crippen MR) is 90.0 cm³/mol. The van der Waals surface area contributed by atoms with Gasteiger partial charge in [0.25, 0.3) is 5.56 Å². The van der Waals surface area contributed by atoms with Crippen LogP contribution in [0, 0.1) is 6.92 Å². The van der Waals surface area contributed by atoms with Crippen molar-refractivity contribution < 1.29 is 0 Å². The molecule has 0 radical (unpaired) electrons. The second kappa shape index (κ2) is 5.21. The van der Waals surface area contributed by atoms with Crippen LogP contribution in [0.1, 0.15) is 11.3 Å². The van der Waals surface area contributed by atoms with Crippen LogP contribution in [-0.2, 0) is 6.54 Å². The van der Waals surface area contributed by atoms with Crippen LogP contribution in [0.5, 0.6) is 0 Å².